The molecule has 1 atom stereocenters. The lowest BCUT2D eigenvalue weighted by atomic mass is 10.3. The second-order valence-corrected chi connectivity index (χ2v) is 6.55. The largest absolute Gasteiger partial charge is 0.360 e. The fraction of sp³-hybridized carbons (Fsp3) is 0.636. The van der Waals surface area contributed by atoms with E-state index in [-0.39, 0.29) is 5.91 Å². The van der Waals surface area contributed by atoms with Gasteiger partial charge in [-0.05, 0) is 13.3 Å². The van der Waals surface area contributed by atoms with Gasteiger partial charge in [-0.1, -0.05) is 36.4 Å². The molecule has 0 aliphatic rings. The first-order valence-corrected chi connectivity index (χ1v) is 8.03. The highest BCUT2D eigenvalue weighted by atomic mass is 32.2. The zero-order valence-electron chi connectivity index (χ0n) is 11.7. The maximum atomic E-state index is 11.7. The molecule has 0 aliphatic heterocycles. The number of hydrogen-bond donors (Lipinski definition) is 3. The molecule has 9 heteroatoms. The van der Waals surface area contributed by atoms with E-state index in [2.05, 4.69) is 33.1 Å². The summed E-state index contributed by atoms with van der Waals surface area (Å²) in [5.41, 5.74) is 0. The van der Waals surface area contributed by atoms with Crippen LogP contribution >= 0.6 is 23.1 Å². The van der Waals surface area contributed by atoms with Gasteiger partial charge < -0.3 is 10.6 Å². The predicted octanol–water partition coefficient (Wildman–Crippen LogP) is 1.69. The summed E-state index contributed by atoms with van der Waals surface area (Å²) in [6.07, 6.45) is 2.19. The number of rotatable bonds is 7. The number of urea groups is 1. The van der Waals surface area contributed by atoms with Crippen LogP contribution in [0.15, 0.2) is 4.34 Å². The highest BCUT2D eigenvalue weighted by molar-refractivity contribution is 8.02. The summed E-state index contributed by atoms with van der Waals surface area (Å²) in [6, 6.07) is -0.512. The van der Waals surface area contributed by atoms with Crippen LogP contribution in [0, 0.1) is 0 Å². The number of nitrogens with one attached hydrogen (secondary N) is 3. The second kappa shape index (κ2) is 8.75. The monoisotopic (exact) mass is 317 g/mol. The van der Waals surface area contributed by atoms with E-state index in [9.17, 15) is 9.59 Å². The minimum absolute atomic E-state index is 0.356. The van der Waals surface area contributed by atoms with Crippen LogP contribution in [0.2, 0.25) is 0 Å². The molecule has 1 rings (SSSR count). The molecule has 0 radical (unpaired) electrons. The molecule has 0 fully saturated rings. The van der Waals surface area contributed by atoms with Crippen LogP contribution in [0.3, 0.4) is 0 Å². The van der Waals surface area contributed by atoms with Crippen molar-refractivity contribution in [1.29, 1.82) is 0 Å². The van der Waals surface area contributed by atoms with Crippen molar-refractivity contribution >= 4 is 40.2 Å². The molecule has 0 aliphatic carbocycles. The number of hydrogen-bond acceptors (Lipinski definition) is 7. The Hall–Kier alpha value is -1.35. The summed E-state index contributed by atoms with van der Waals surface area (Å²) in [4.78, 5) is 22.7. The predicted molar refractivity (Wildman–Crippen MR) is 81.2 cm³/mol. The number of aromatic nitrogens is 2. The molecule has 0 saturated heterocycles. The van der Waals surface area contributed by atoms with Crippen molar-refractivity contribution in [3.63, 3.8) is 0 Å². The van der Waals surface area contributed by atoms with Gasteiger partial charge in [0, 0.05) is 13.6 Å². The first-order valence-electron chi connectivity index (χ1n) is 6.33. The highest BCUT2D eigenvalue weighted by Crippen LogP contribution is 2.28. The molecule has 7 nitrogen and oxygen atoms in total. The fourth-order valence-corrected chi connectivity index (χ4v) is 3.10. The molecule has 1 aromatic heterocycles. The van der Waals surface area contributed by atoms with Gasteiger partial charge in [-0.15, -0.1) is 10.2 Å². The first kappa shape index (κ1) is 16.7. The van der Waals surface area contributed by atoms with E-state index in [1.807, 2.05) is 0 Å². The van der Waals surface area contributed by atoms with Crippen LogP contribution in [-0.4, -0.2) is 41.0 Å². The molecule has 0 bridgehead atoms. The molecular formula is C11H19N5O2S2. The minimum Gasteiger partial charge on any atom is -0.360 e. The Kier molecular flexibility index (Phi) is 7.31. The Morgan fingerprint density at radius 2 is 2.15 bits per heavy atom. The molecule has 0 unspecified atom stereocenters. The summed E-state index contributed by atoms with van der Waals surface area (Å²) in [7, 11) is 1.46. The van der Waals surface area contributed by atoms with Crippen LogP contribution in [0.1, 0.15) is 26.7 Å². The number of unbranched alkanes of at least 4 members (excludes halogenated alkanes) is 1. The standard InChI is InChI=1S/C11H19N5O2S2/c1-4-5-6-13-10-15-16-11(20-10)19-7(2)8(17)14-9(18)12-3/h7H,4-6H2,1-3H3,(H,13,15)(H2,12,14,17,18)/t7-/m1/s1. The molecular weight excluding hydrogens is 298 g/mol. The van der Waals surface area contributed by atoms with Gasteiger partial charge in [0.1, 0.15) is 0 Å². The third-order valence-corrected chi connectivity index (χ3v) is 4.39. The summed E-state index contributed by atoms with van der Waals surface area (Å²) < 4.78 is 0.698. The lowest BCUT2D eigenvalue weighted by Gasteiger charge is -2.08. The van der Waals surface area contributed by atoms with Crippen LogP contribution < -0.4 is 16.0 Å². The highest BCUT2D eigenvalue weighted by Gasteiger charge is 2.18. The Bertz CT molecular complexity index is 452. The van der Waals surface area contributed by atoms with Crippen molar-refractivity contribution < 1.29 is 9.59 Å². The normalized spacial score (nSPS) is 11.8. The van der Waals surface area contributed by atoms with Gasteiger partial charge in [-0.2, -0.15) is 0 Å². The third kappa shape index (κ3) is 5.74. The number of thioether (sulfide) groups is 1. The van der Waals surface area contributed by atoms with Gasteiger partial charge >= 0.3 is 6.03 Å². The number of nitrogens with zero attached hydrogens (tertiary/aromatic N) is 2. The summed E-state index contributed by atoms with van der Waals surface area (Å²) in [5.74, 6) is -0.356. The average molecular weight is 317 g/mol. The van der Waals surface area contributed by atoms with Crippen molar-refractivity contribution in [2.24, 2.45) is 0 Å². The van der Waals surface area contributed by atoms with E-state index in [4.69, 9.17) is 0 Å². The van der Waals surface area contributed by atoms with E-state index >= 15 is 0 Å². The summed E-state index contributed by atoms with van der Waals surface area (Å²) >= 11 is 2.68. The summed E-state index contributed by atoms with van der Waals surface area (Å²) in [5, 5.41) is 16.1. The molecule has 0 saturated carbocycles. The van der Waals surface area contributed by atoms with Crippen molar-refractivity contribution in [1.82, 2.24) is 20.8 Å². The lowest BCUT2D eigenvalue weighted by Crippen LogP contribution is -2.41. The molecule has 0 spiro atoms. The van der Waals surface area contributed by atoms with Crippen LogP contribution in [0.25, 0.3) is 0 Å². The van der Waals surface area contributed by atoms with Crippen LogP contribution in [-0.2, 0) is 4.79 Å². The molecule has 112 valence electrons. The lowest BCUT2D eigenvalue weighted by molar-refractivity contribution is -0.119. The molecule has 1 aromatic rings. The van der Waals surface area contributed by atoms with Crippen LogP contribution in [0.5, 0.6) is 0 Å². The molecule has 3 N–H and O–H groups in total. The smallest absolute Gasteiger partial charge is 0.321 e. The third-order valence-electron chi connectivity index (χ3n) is 2.32. The Morgan fingerprint density at radius 1 is 1.40 bits per heavy atom. The quantitative estimate of drug-likeness (QED) is 0.523. The Balaban J connectivity index is 2.43. The summed E-state index contributed by atoms with van der Waals surface area (Å²) in [6.45, 7) is 4.70. The second-order valence-electron chi connectivity index (χ2n) is 3.98. The molecule has 20 heavy (non-hydrogen) atoms. The van der Waals surface area contributed by atoms with E-state index in [0.717, 1.165) is 24.5 Å². The van der Waals surface area contributed by atoms with Crippen LogP contribution in [0.4, 0.5) is 9.93 Å². The maximum Gasteiger partial charge on any atom is 0.321 e. The number of carbonyl (C=O) groups excluding carboxylic acids is 2. The minimum atomic E-state index is -0.512. The Morgan fingerprint density at radius 3 is 2.80 bits per heavy atom. The Labute approximate surface area is 126 Å². The zero-order valence-corrected chi connectivity index (χ0v) is 13.4. The molecule has 1 heterocycles. The topological polar surface area (TPSA) is 96.0 Å². The van der Waals surface area contributed by atoms with Gasteiger partial charge in [-0.3, -0.25) is 10.1 Å². The average Bonchev–Trinajstić information content (AvgIpc) is 2.86. The first-order chi connectivity index (χ1) is 9.56. The van der Waals surface area contributed by atoms with E-state index in [1.165, 1.54) is 30.1 Å². The molecule has 3 amide bonds. The van der Waals surface area contributed by atoms with Crippen molar-refractivity contribution in [3.8, 4) is 0 Å². The number of carbonyl (C=O) groups is 2. The van der Waals surface area contributed by atoms with Gasteiger partial charge in [0.25, 0.3) is 0 Å². The van der Waals surface area contributed by atoms with Crippen molar-refractivity contribution in [2.45, 2.75) is 36.3 Å². The number of anilines is 1. The van der Waals surface area contributed by atoms with Gasteiger partial charge in [-0.25, -0.2) is 4.79 Å². The fourth-order valence-electron chi connectivity index (χ4n) is 1.18. The van der Waals surface area contributed by atoms with Crippen molar-refractivity contribution in [2.75, 3.05) is 18.9 Å². The van der Waals surface area contributed by atoms with Gasteiger partial charge in [0.05, 0.1) is 5.25 Å². The van der Waals surface area contributed by atoms with E-state index < -0.39 is 11.3 Å². The van der Waals surface area contributed by atoms with Gasteiger partial charge in [0.2, 0.25) is 11.0 Å². The zero-order chi connectivity index (χ0) is 15.0. The van der Waals surface area contributed by atoms with E-state index in [0.29, 0.717) is 4.34 Å². The SMILES string of the molecule is CCCCNc1nnc(S[C@H](C)C(=O)NC(=O)NC)s1. The maximum absolute atomic E-state index is 11.7. The van der Waals surface area contributed by atoms with Gasteiger partial charge in [0.15, 0.2) is 4.34 Å². The molecule has 0 aromatic carbocycles. The number of amides is 3. The number of imide groups is 1. The van der Waals surface area contributed by atoms with Crippen molar-refractivity contribution in [3.05, 3.63) is 0 Å². The van der Waals surface area contributed by atoms with E-state index in [1.54, 1.807) is 6.92 Å².